The normalized spacial score (nSPS) is 11.9. The SMILES string of the molecule is CC(Nc1nccc(-n2cnc3cc(-c4ccnc(NCCN)n4)ccc32)n1)c1ccccc1. The Morgan fingerprint density at radius 1 is 0.912 bits per heavy atom. The Labute approximate surface area is 197 Å². The highest BCUT2D eigenvalue weighted by atomic mass is 15.2. The Balaban J connectivity index is 1.41. The van der Waals surface area contributed by atoms with Gasteiger partial charge >= 0.3 is 0 Å². The fourth-order valence-corrected chi connectivity index (χ4v) is 3.71. The van der Waals surface area contributed by atoms with Crippen LogP contribution in [0.3, 0.4) is 0 Å². The molecular weight excluding hydrogens is 426 g/mol. The van der Waals surface area contributed by atoms with Gasteiger partial charge in [0.25, 0.3) is 0 Å². The molecule has 4 N–H and O–H groups in total. The highest BCUT2D eigenvalue weighted by Gasteiger charge is 2.11. The van der Waals surface area contributed by atoms with Crippen LogP contribution in [0.5, 0.6) is 0 Å². The molecule has 0 bridgehead atoms. The minimum absolute atomic E-state index is 0.0793. The van der Waals surface area contributed by atoms with Crippen molar-refractivity contribution in [3.63, 3.8) is 0 Å². The molecule has 0 saturated carbocycles. The van der Waals surface area contributed by atoms with Crippen molar-refractivity contribution < 1.29 is 0 Å². The third-order valence-corrected chi connectivity index (χ3v) is 5.46. The topological polar surface area (TPSA) is 119 Å². The molecule has 34 heavy (non-hydrogen) atoms. The molecule has 3 aromatic heterocycles. The standard InChI is InChI=1S/C25H25N9/c1-17(18-5-3-2-4-6-18)31-25-28-13-10-23(33-25)34-16-30-21-15-19(7-8-22(21)34)20-9-12-27-24(32-20)29-14-11-26/h2-10,12-13,15-17H,11,14,26H2,1H3,(H,27,29,32)(H,28,31,33). The van der Waals surface area contributed by atoms with Gasteiger partial charge in [0, 0.05) is 31.0 Å². The van der Waals surface area contributed by atoms with Gasteiger partial charge in [-0.1, -0.05) is 36.4 Å². The minimum Gasteiger partial charge on any atom is -0.353 e. The molecular formula is C25H25N9. The molecule has 0 aliphatic carbocycles. The van der Waals surface area contributed by atoms with Crippen LogP contribution in [-0.4, -0.2) is 42.6 Å². The number of nitrogens with one attached hydrogen (secondary N) is 2. The first-order valence-corrected chi connectivity index (χ1v) is 11.1. The molecule has 9 heteroatoms. The Hall–Kier alpha value is -4.37. The van der Waals surface area contributed by atoms with Crippen molar-refractivity contribution in [2.75, 3.05) is 23.7 Å². The van der Waals surface area contributed by atoms with Crippen molar-refractivity contribution in [1.29, 1.82) is 0 Å². The maximum Gasteiger partial charge on any atom is 0.225 e. The lowest BCUT2D eigenvalue weighted by molar-refractivity contribution is 0.854. The molecule has 0 amide bonds. The minimum atomic E-state index is 0.0793. The van der Waals surface area contributed by atoms with E-state index in [2.05, 4.69) is 49.6 Å². The molecule has 3 heterocycles. The zero-order chi connectivity index (χ0) is 23.3. The molecule has 1 unspecified atom stereocenters. The van der Waals surface area contributed by atoms with Crippen LogP contribution in [0.2, 0.25) is 0 Å². The van der Waals surface area contributed by atoms with Crippen molar-refractivity contribution in [2.45, 2.75) is 13.0 Å². The van der Waals surface area contributed by atoms with Crippen molar-refractivity contribution in [3.05, 3.63) is 84.9 Å². The monoisotopic (exact) mass is 451 g/mol. The van der Waals surface area contributed by atoms with Gasteiger partial charge in [0.1, 0.15) is 12.1 Å². The van der Waals surface area contributed by atoms with Gasteiger partial charge in [-0.2, -0.15) is 4.98 Å². The lowest BCUT2D eigenvalue weighted by atomic mass is 10.1. The van der Waals surface area contributed by atoms with Gasteiger partial charge in [-0.15, -0.1) is 0 Å². The van der Waals surface area contributed by atoms with E-state index in [0.717, 1.165) is 28.1 Å². The lowest BCUT2D eigenvalue weighted by Gasteiger charge is -2.14. The first kappa shape index (κ1) is 21.5. The maximum absolute atomic E-state index is 5.56. The Kier molecular flexibility index (Phi) is 6.09. The fourth-order valence-electron chi connectivity index (χ4n) is 3.71. The van der Waals surface area contributed by atoms with Crippen LogP contribution in [-0.2, 0) is 0 Å². The van der Waals surface area contributed by atoms with Gasteiger partial charge in [0.2, 0.25) is 11.9 Å². The largest absolute Gasteiger partial charge is 0.353 e. The molecule has 170 valence electrons. The highest BCUT2D eigenvalue weighted by Crippen LogP contribution is 2.25. The van der Waals surface area contributed by atoms with E-state index in [1.807, 2.05) is 53.1 Å². The average Bonchev–Trinajstić information content (AvgIpc) is 3.32. The van der Waals surface area contributed by atoms with E-state index in [1.165, 1.54) is 5.56 Å². The second-order valence-corrected chi connectivity index (χ2v) is 7.81. The average molecular weight is 452 g/mol. The highest BCUT2D eigenvalue weighted by molar-refractivity contribution is 5.82. The predicted octanol–water partition coefficient (Wildman–Crippen LogP) is 3.82. The van der Waals surface area contributed by atoms with Crippen LogP contribution in [0, 0.1) is 0 Å². The summed E-state index contributed by atoms with van der Waals surface area (Å²) in [5, 5.41) is 6.48. The van der Waals surface area contributed by atoms with Crippen LogP contribution >= 0.6 is 0 Å². The number of hydrogen-bond acceptors (Lipinski definition) is 8. The summed E-state index contributed by atoms with van der Waals surface area (Å²) < 4.78 is 1.95. The van der Waals surface area contributed by atoms with E-state index in [0.29, 0.717) is 25.0 Å². The molecule has 0 saturated heterocycles. The summed E-state index contributed by atoms with van der Waals surface area (Å²) in [5.74, 6) is 1.86. The van der Waals surface area contributed by atoms with Gasteiger partial charge < -0.3 is 16.4 Å². The van der Waals surface area contributed by atoms with Crippen molar-refractivity contribution in [1.82, 2.24) is 29.5 Å². The van der Waals surface area contributed by atoms with Crippen LogP contribution in [0.1, 0.15) is 18.5 Å². The van der Waals surface area contributed by atoms with E-state index in [1.54, 1.807) is 18.7 Å². The van der Waals surface area contributed by atoms with Crippen LogP contribution < -0.4 is 16.4 Å². The lowest BCUT2D eigenvalue weighted by Crippen LogP contribution is -2.14. The summed E-state index contributed by atoms with van der Waals surface area (Å²) in [6.07, 6.45) is 5.25. The maximum atomic E-state index is 5.56. The molecule has 0 aliphatic heterocycles. The summed E-state index contributed by atoms with van der Waals surface area (Å²) >= 11 is 0. The Bertz CT molecular complexity index is 1400. The molecule has 0 spiro atoms. The third-order valence-electron chi connectivity index (χ3n) is 5.46. The van der Waals surface area contributed by atoms with Crippen molar-refractivity contribution in [3.8, 4) is 17.1 Å². The third kappa shape index (κ3) is 4.55. The van der Waals surface area contributed by atoms with Crippen LogP contribution in [0.25, 0.3) is 28.1 Å². The number of aromatic nitrogens is 6. The number of nitrogens with two attached hydrogens (primary N) is 1. The van der Waals surface area contributed by atoms with Gasteiger partial charge in [0.05, 0.1) is 22.8 Å². The van der Waals surface area contributed by atoms with Gasteiger partial charge in [-0.05, 0) is 36.8 Å². The Morgan fingerprint density at radius 3 is 2.59 bits per heavy atom. The van der Waals surface area contributed by atoms with E-state index in [9.17, 15) is 0 Å². The Morgan fingerprint density at radius 2 is 1.74 bits per heavy atom. The van der Waals surface area contributed by atoms with Crippen molar-refractivity contribution >= 4 is 22.9 Å². The summed E-state index contributed by atoms with van der Waals surface area (Å²) in [4.78, 5) is 22.5. The molecule has 5 aromatic rings. The smallest absolute Gasteiger partial charge is 0.225 e. The molecule has 1 atom stereocenters. The number of anilines is 2. The number of fused-ring (bicyclic) bond motifs is 1. The molecule has 0 radical (unpaired) electrons. The van der Waals surface area contributed by atoms with Gasteiger partial charge in [-0.25, -0.2) is 19.9 Å². The molecule has 0 fully saturated rings. The zero-order valence-electron chi connectivity index (χ0n) is 18.8. The molecule has 5 rings (SSSR count). The van der Waals surface area contributed by atoms with Crippen LogP contribution in [0.4, 0.5) is 11.9 Å². The number of benzene rings is 2. The molecule has 2 aromatic carbocycles. The van der Waals surface area contributed by atoms with Crippen LogP contribution in [0.15, 0.2) is 79.4 Å². The van der Waals surface area contributed by atoms with Gasteiger partial charge in [0.15, 0.2) is 0 Å². The van der Waals surface area contributed by atoms with E-state index in [-0.39, 0.29) is 6.04 Å². The second kappa shape index (κ2) is 9.63. The van der Waals surface area contributed by atoms with E-state index < -0.39 is 0 Å². The first-order chi connectivity index (χ1) is 16.7. The number of imidazole rings is 1. The summed E-state index contributed by atoms with van der Waals surface area (Å²) in [5.41, 5.74) is 10.3. The first-order valence-electron chi connectivity index (χ1n) is 11.1. The fraction of sp³-hybridized carbons (Fsp3) is 0.160. The number of nitrogens with zero attached hydrogens (tertiary/aromatic N) is 6. The number of hydrogen-bond donors (Lipinski definition) is 3. The van der Waals surface area contributed by atoms with Crippen molar-refractivity contribution in [2.24, 2.45) is 5.73 Å². The molecule has 0 aliphatic rings. The predicted molar refractivity (Wildman–Crippen MR) is 134 cm³/mol. The second-order valence-electron chi connectivity index (χ2n) is 7.81. The summed E-state index contributed by atoms with van der Waals surface area (Å²) in [6, 6.07) is 20.1. The summed E-state index contributed by atoms with van der Waals surface area (Å²) in [6.45, 7) is 3.22. The van der Waals surface area contributed by atoms with E-state index in [4.69, 9.17) is 10.7 Å². The molecule has 9 nitrogen and oxygen atoms in total. The quantitative estimate of drug-likeness (QED) is 0.326. The summed E-state index contributed by atoms with van der Waals surface area (Å²) in [7, 11) is 0. The zero-order valence-corrected chi connectivity index (χ0v) is 18.8. The van der Waals surface area contributed by atoms with E-state index >= 15 is 0 Å². The van der Waals surface area contributed by atoms with Gasteiger partial charge in [-0.3, -0.25) is 4.57 Å². The number of rotatable bonds is 8.